The molecule has 1 fully saturated rings. The third kappa shape index (κ3) is 4.77. The standard InChI is InChI=1S/C29H42O3/c1-6-7-8-9-14-28(2,3)21-17-25(31)27-22-16-20(24(30)15-19-10-11-19)12-13-23(22)29(4,5)32-26(27)18-21/h12,17-19,22-23,31H,6-11,13-16H2,1-5H3/t22-,23-/m1/s1. The molecule has 176 valence electrons. The number of Topliss-reactive ketones (excluding diaryl/α,β-unsaturated/α-hetero) is 1. The normalized spacial score (nSPS) is 24.2. The fourth-order valence-electron chi connectivity index (χ4n) is 5.87. The van der Waals surface area contributed by atoms with Crippen LogP contribution in [-0.2, 0) is 10.2 Å². The van der Waals surface area contributed by atoms with Gasteiger partial charge in [0.2, 0.25) is 0 Å². The highest BCUT2D eigenvalue weighted by Gasteiger charge is 2.47. The molecule has 32 heavy (non-hydrogen) atoms. The summed E-state index contributed by atoms with van der Waals surface area (Å²) in [7, 11) is 0. The highest BCUT2D eigenvalue weighted by molar-refractivity contribution is 5.96. The van der Waals surface area contributed by atoms with Crippen LogP contribution in [-0.4, -0.2) is 16.5 Å². The summed E-state index contributed by atoms with van der Waals surface area (Å²) in [6, 6.07) is 4.15. The van der Waals surface area contributed by atoms with Gasteiger partial charge in [-0.15, -0.1) is 0 Å². The largest absolute Gasteiger partial charge is 0.508 e. The second-order valence-electron chi connectivity index (χ2n) is 11.8. The van der Waals surface area contributed by atoms with Crippen molar-refractivity contribution in [2.45, 2.75) is 116 Å². The summed E-state index contributed by atoms with van der Waals surface area (Å²) in [6.45, 7) is 11.1. The van der Waals surface area contributed by atoms with Crippen LogP contribution in [0.25, 0.3) is 0 Å². The van der Waals surface area contributed by atoms with Gasteiger partial charge in [-0.05, 0) is 80.6 Å². The minimum Gasteiger partial charge on any atom is -0.508 e. The molecule has 3 heteroatoms. The SMILES string of the molecule is CCCCCCC(C)(C)c1cc(O)c2c(c1)OC(C)(C)[C@@H]1CC=C(C(=O)CC3CC3)C[C@@H]21. The van der Waals surface area contributed by atoms with Gasteiger partial charge >= 0.3 is 0 Å². The molecule has 4 rings (SSSR count). The highest BCUT2D eigenvalue weighted by Crippen LogP contribution is 2.55. The molecular weight excluding hydrogens is 396 g/mol. The third-order valence-corrected chi connectivity index (χ3v) is 8.27. The molecule has 2 atom stereocenters. The van der Waals surface area contributed by atoms with Crippen molar-refractivity contribution in [3.63, 3.8) is 0 Å². The second kappa shape index (κ2) is 8.88. The predicted molar refractivity (Wildman–Crippen MR) is 130 cm³/mol. The Morgan fingerprint density at radius 3 is 2.62 bits per heavy atom. The summed E-state index contributed by atoms with van der Waals surface area (Å²) in [5, 5.41) is 11.2. The molecule has 1 aliphatic heterocycles. The Balaban J connectivity index is 1.61. The fraction of sp³-hybridized carbons (Fsp3) is 0.690. The second-order valence-corrected chi connectivity index (χ2v) is 11.8. The maximum absolute atomic E-state index is 12.9. The molecule has 1 aromatic rings. The number of phenolic OH excluding ortho intramolecular Hbond substituents is 1. The van der Waals surface area contributed by atoms with Gasteiger partial charge in [-0.3, -0.25) is 4.79 Å². The van der Waals surface area contributed by atoms with E-state index in [1.807, 2.05) is 6.07 Å². The van der Waals surface area contributed by atoms with Crippen molar-refractivity contribution >= 4 is 5.78 Å². The van der Waals surface area contributed by atoms with Crippen LogP contribution in [0.2, 0.25) is 0 Å². The summed E-state index contributed by atoms with van der Waals surface area (Å²) in [6.07, 6.45) is 12.9. The summed E-state index contributed by atoms with van der Waals surface area (Å²) in [4.78, 5) is 12.9. The number of carbonyl (C=O) groups excluding carboxylic acids is 1. The van der Waals surface area contributed by atoms with Gasteiger partial charge in [0.25, 0.3) is 0 Å². The van der Waals surface area contributed by atoms with Gasteiger partial charge in [0.05, 0.1) is 0 Å². The number of ether oxygens (including phenoxy) is 1. The Morgan fingerprint density at radius 2 is 1.94 bits per heavy atom. The van der Waals surface area contributed by atoms with Crippen LogP contribution in [0.15, 0.2) is 23.8 Å². The van der Waals surface area contributed by atoms with Gasteiger partial charge in [-0.1, -0.05) is 52.5 Å². The molecule has 0 aromatic heterocycles. The molecule has 0 unspecified atom stereocenters. The average Bonchev–Trinajstić information content (AvgIpc) is 3.54. The number of fused-ring (bicyclic) bond motifs is 3. The van der Waals surface area contributed by atoms with E-state index in [1.54, 1.807) is 0 Å². The first-order chi connectivity index (χ1) is 15.1. The Bertz CT molecular complexity index is 888. The van der Waals surface area contributed by atoms with Crippen LogP contribution in [0.1, 0.15) is 116 Å². The molecular formula is C29H42O3. The Labute approximate surface area is 194 Å². The van der Waals surface area contributed by atoms with Crippen molar-refractivity contribution in [1.29, 1.82) is 0 Å². The van der Waals surface area contributed by atoms with Crippen LogP contribution < -0.4 is 4.74 Å². The van der Waals surface area contributed by atoms with E-state index in [1.165, 1.54) is 38.5 Å². The fourth-order valence-corrected chi connectivity index (χ4v) is 5.87. The number of hydrogen-bond donors (Lipinski definition) is 1. The Hall–Kier alpha value is -1.77. The number of hydrogen-bond acceptors (Lipinski definition) is 3. The highest BCUT2D eigenvalue weighted by atomic mass is 16.5. The minimum atomic E-state index is -0.324. The molecule has 1 saturated carbocycles. The van der Waals surface area contributed by atoms with Crippen LogP contribution >= 0.6 is 0 Å². The number of allylic oxidation sites excluding steroid dienone is 2. The van der Waals surface area contributed by atoms with Crippen molar-refractivity contribution in [2.75, 3.05) is 0 Å². The van der Waals surface area contributed by atoms with Crippen LogP contribution in [0.3, 0.4) is 0 Å². The van der Waals surface area contributed by atoms with Crippen molar-refractivity contribution < 1.29 is 14.6 Å². The molecule has 2 aliphatic carbocycles. The topological polar surface area (TPSA) is 46.5 Å². The molecule has 0 saturated heterocycles. The molecule has 0 bridgehead atoms. The van der Waals surface area contributed by atoms with E-state index in [0.29, 0.717) is 23.9 Å². The Kier molecular flexibility index (Phi) is 6.49. The third-order valence-electron chi connectivity index (χ3n) is 8.27. The van der Waals surface area contributed by atoms with Gasteiger partial charge in [0.15, 0.2) is 5.78 Å². The summed E-state index contributed by atoms with van der Waals surface area (Å²) in [5.74, 6) is 2.50. The van der Waals surface area contributed by atoms with E-state index in [4.69, 9.17) is 4.74 Å². The van der Waals surface area contributed by atoms with E-state index in [0.717, 1.165) is 41.7 Å². The summed E-state index contributed by atoms with van der Waals surface area (Å²) < 4.78 is 6.54. The van der Waals surface area contributed by atoms with Gasteiger partial charge in [0.1, 0.15) is 17.1 Å². The monoisotopic (exact) mass is 438 g/mol. The summed E-state index contributed by atoms with van der Waals surface area (Å²) in [5.41, 5.74) is 2.71. The first-order valence-corrected chi connectivity index (χ1v) is 12.9. The number of phenols is 1. The maximum atomic E-state index is 12.9. The van der Waals surface area contributed by atoms with E-state index in [2.05, 4.69) is 46.8 Å². The van der Waals surface area contributed by atoms with Gasteiger partial charge < -0.3 is 9.84 Å². The molecule has 1 N–H and O–H groups in total. The smallest absolute Gasteiger partial charge is 0.158 e. The predicted octanol–water partition coefficient (Wildman–Crippen LogP) is 7.60. The summed E-state index contributed by atoms with van der Waals surface area (Å²) >= 11 is 0. The lowest BCUT2D eigenvalue weighted by Gasteiger charge is -2.47. The zero-order valence-corrected chi connectivity index (χ0v) is 20.8. The van der Waals surface area contributed by atoms with Crippen molar-refractivity contribution in [3.05, 3.63) is 34.9 Å². The zero-order valence-electron chi connectivity index (χ0n) is 20.8. The average molecular weight is 439 g/mol. The van der Waals surface area contributed by atoms with E-state index >= 15 is 0 Å². The quantitative estimate of drug-likeness (QED) is 0.404. The molecule has 0 radical (unpaired) electrons. The Morgan fingerprint density at radius 1 is 1.19 bits per heavy atom. The lowest BCUT2D eigenvalue weighted by molar-refractivity contribution is -0.116. The van der Waals surface area contributed by atoms with Crippen LogP contribution in [0.5, 0.6) is 11.5 Å². The lowest BCUT2D eigenvalue weighted by atomic mass is 9.66. The van der Waals surface area contributed by atoms with E-state index in [9.17, 15) is 9.90 Å². The molecule has 0 amide bonds. The van der Waals surface area contributed by atoms with Gasteiger partial charge in [-0.25, -0.2) is 0 Å². The molecule has 1 aromatic carbocycles. The number of benzene rings is 1. The first kappa shape index (κ1) is 23.4. The number of unbranched alkanes of at least 4 members (excludes halogenated alkanes) is 3. The van der Waals surface area contributed by atoms with Gasteiger partial charge in [0, 0.05) is 23.8 Å². The molecule has 0 spiro atoms. The first-order valence-electron chi connectivity index (χ1n) is 12.9. The number of rotatable bonds is 9. The minimum absolute atomic E-state index is 0.0114. The van der Waals surface area contributed by atoms with Crippen LogP contribution in [0, 0.1) is 11.8 Å². The molecule has 3 nitrogen and oxygen atoms in total. The number of aromatic hydroxyl groups is 1. The number of ketones is 1. The van der Waals surface area contributed by atoms with E-state index < -0.39 is 0 Å². The van der Waals surface area contributed by atoms with Crippen molar-refractivity contribution in [1.82, 2.24) is 0 Å². The van der Waals surface area contributed by atoms with Crippen molar-refractivity contribution in [2.24, 2.45) is 11.8 Å². The maximum Gasteiger partial charge on any atom is 0.158 e. The zero-order chi connectivity index (χ0) is 23.1. The van der Waals surface area contributed by atoms with Crippen LogP contribution in [0.4, 0.5) is 0 Å². The van der Waals surface area contributed by atoms with E-state index in [-0.39, 0.29) is 22.9 Å². The van der Waals surface area contributed by atoms with Gasteiger partial charge in [-0.2, -0.15) is 0 Å². The van der Waals surface area contributed by atoms with Crippen molar-refractivity contribution in [3.8, 4) is 11.5 Å². The molecule has 1 heterocycles. The number of carbonyl (C=O) groups is 1. The molecule has 3 aliphatic rings. The lowest BCUT2D eigenvalue weighted by Crippen LogP contribution is -2.46.